The Morgan fingerprint density at radius 3 is 2.28 bits per heavy atom. The summed E-state index contributed by atoms with van der Waals surface area (Å²) in [5.41, 5.74) is 3.90. The van der Waals surface area contributed by atoms with Gasteiger partial charge in [-0.05, 0) is 50.5 Å². The van der Waals surface area contributed by atoms with Crippen LogP contribution in [0.3, 0.4) is 0 Å². The average Bonchev–Trinajstić information content (AvgIpc) is 3.12. The molecular weight excluding hydrogens is 476 g/mol. The van der Waals surface area contributed by atoms with Crippen LogP contribution in [0.1, 0.15) is 41.3 Å². The van der Waals surface area contributed by atoms with Crippen molar-refractivity contribution in [3.05, 3.63) is 91.9 Å². The Morgan fingerprint density at radius 1 is 1.06 bits per heavy atom. The number of carbonyl (C=O) groups is 2. The van der Waals surface area contributed by atoms with Crippen molar-refractivity contribution in [1.82, 2.24) is 19.6 Å². The molecule has 4 rings (SSSR count). The number of carbonyl (C=O) groups excluding carboxylic acids is 2. The van der Waals surface area contributed by atoms with Gasteiger partial charge >= 0.3 is 0 Å². The Balaban J connectivity index is 1.53. The number of aryl methyl sites for hydroxylation is 3. The predicted octanol–water partition coefficient (Wildman–Crippen LogP) is 3.79. The quantitative estimate of drug-likeness (QED) is 0.503. The summed E-state index contributed by atoms with van der Waals surface area (Å²) >= 11 is 6.05. The number of amides is 2. The Hall–Kier alpha value is -3.32. The zero-order valence-corrected chi connectivity index (χ0v) is 22.1. The molecule has 0 aliphatic carbocycles. The van der Waals surface area contributed by atoms with Gasteiger partial charge in [-0.15, -0.1) is 0 Å². The van der Waals surface area contributed by atoms with Crippen molar-refractivity contribution in [2.45, 2.75) is 52.1 Å². The topological polar surface area (TPSA) is 78.4 Å². The second kappa shape index (κ2) is 10.3. The van der Waals surface area contributed by atoms with Crippen LogP contribution in [-0.4, -0.2) is 50.0 Å². The highest BCUT2D eigenvalue weighted by Crippen LogP contribution is 2.34. The van der Waals surface area contributed by atoms with E-state index < -0.39 is 5.54 Å². The molecule has 1 N–H and O–H groups in total. The fourth-order valence-electron chi connectivity index (χ4n) is 4.96. The number of nitrogens with zero attached hydrogens (tertiary/aromatic N) is 3. The third-order valence-corrected chi connectivity index (χ3v) is 7.23. The molecule has 7 nitrogen and oxygen atoms in total. The minimum atomic E-state index is -0.896. The minimum Gasteiger partial charge on any atom is -0.336 e. The van der Waals surface area contributed by atoms with Crippen LogP contribution < -0.4 is 5.56 Å². The van der Waals surface area contributed by atoms with E-state index in [4.69, 9.17) is 11.6 Å². The molecule has 190 valence electrons. The standard InChI is InChI=1S/C28H33ClN4O3/c1-19-13-20(2)15-22(14-19)16-26(35)33-12-10-28(33,3)27(36)32(18-21-5-7-23(29)8-6-21)11-9-24-17-25(34)31(4)30-24/h5-8,13-15,17,30H,9-12,16,18H2,1-4H3. The molecule has 0 radical (unpaired) electrons. The fourth-order valence-corrected chi connectivity index (χ4v) is 5.08. The maximum Gasteiger partial charge on any atom is 0.266 e. The largest absolute Gasteiger partial charge is 0.336 e. The Bertz CT molecular complexity index is 1310. The first kappa shape index (κ1) is 25.8. The van der Waals surface area contributed by atoms with Crippen molar-refractivity contribution in [2.75, 3.05) is 13.1 Å². The van der Waals surface area contributed by atoms with Crippen LogP contribution in [0.4, 0.5) is 0 Å². The summed E-state index contributed by atoms with van der Waals surface area (Å²) in [5, 5.41) is 3.66. The van der Waals surface area contributed by atoms with Crippen LogP contribution in [0.15, 0.2) is 53.3 Å². The zero-order valence-electron chi connectivity index (χ0n) is 21.3. The normalized spacial score (nSPS) is 17.1. The number of likely N-dealkylation sites (tertiary alicyclic amines) is 1. The van der Waals surface area contributed by atoms with Crippen molar-refractivity contribution in [3.63, 3.8) is 0 Å². The van der Waals surface area contributed by atoms with Gasteiger partial charge in [0.05, 0.1) is 6.42 Å². The van der Waals surface area contributed by atoms with Crippen LogP contribution in [0.2, 0.25) is 5.02 Å². The van der Waals surface area contributed by atoms with E-state index >= 15 is 0 Å². The number of halogens is 1. The molecule has 36 heavy (non-hydrogen) atoms. The van der Waals surface area contributed by atoms with Gasteiger partial charge in [-0.3, -0.25) is 24.2 Å². The van der Waals surface area contributed by atoms with Crippen LogP contribution >= 0.6 is 11.6 Å². The van der Waals surface area contributed by atoms with Gasteiger partial charge in [0, 0.05) is 49.9 Å². The van der Waals surface area contributed by atoms with Gasteiger partial charge in [0.2, 0.25) is 11.8 Å². The molecule has 2 amide bonds. The summed E-state index contributed by atoms with van der Waals surface area (Å²) in [5.74, 6) is -0.128. The SMILES string of the molecule is Cc1cc(C)cc(CC(=O)N2CCC2(C)C(=O)N(CCc2cc(=O)n(C)[nH]2)Cc2ccc(Cl)cc2)c1. The lowest BCUT2D eigenvalue weighted by Crippen LogP contribution is -2.68. The van der Waals surface area contributed by atoms with Gasteiger partial charge in [-0.1, -0.05) is 53.1 Å². The van der Waals surface area contributed by atoms with Crippen LogP contribution in [0.5, 0.6) is 0 Å². The summed E-state index contributed by atoms with van der Waals surface area (Å²) < 4.78 is 1.42. The van der Waals surface area contributed by atoms with Crippen molar-refractivity contribution in [1.29, 1.82) is 0 Å². The highest BCUT2D eigenvalue weighted by atomic mass is 35.5. The average molecular weight is 509 g/mol. The van der Waals surface area contributed by atoms with Crippen LogP contribution in [-0.2, 0) is 36.0 Å². The van der Waals surface area contributed by atoms with Gasteiger partial charge < -0.3 is 9.80 Å². The van der Waals surface area contributed by atoms with Crippen LogP contribution in [0.25, 0.3) is 0 Å². The highest BCUT2D eigenvalue weighted by molar-refractivity contribution is 6.30. The molecule has 2 aromatic carbocycles. The van der Waals surface area contributed by atoms with E-state index in [1.807, 2.05) is 45.0 Å². The number of H-pyrrole nitrogens is 1. The van der Waals surface area contributed by atoms with E-state index in [-0.39, 0.29) is 23.8 Å². The maximum absolute atomic E-state index is 13.9. The van der Waals surface area contributed by atoms with Gasteiger partial charge in [-0.2, -0.15) is 0 Å². The molecule has 1 aliphatic rings. The molecular formula is C28H33ClN4O3. The maximum atomic E-state index is 13.9. The van der Waals surface area contributed by atoms with Gasteiger partial charge in [0.15, 0.2) is 0 Å². The molecule has 8 heteroatoms. The lowest BCUT2D eigenvalue weighted by molar-refractivity contribution is -0.164. The highest BCUT2D eigenvalue weighted by Gasteiger charge is 2.50. The second-order valence-corrected chi connectivity index (χ2v) is 10.5. The van der Waals surface area contributed by atoms with E-state index in [9.17, 15) is 14.4 Å². The van der Waals surface area contributed by atoms with Crippen molar-refractivity contribution in [3.8, 4) is 0 Å². The number of hydrogen-bond donors (Lipinski definition) is 1. The second-order valence-electron chi connectivity index (χ2n) is 10.0. The molecule has 1 saturated heterocycles. The van der Waals surface area contributed by atoms with Gasteiger partial charge in [0.1, 0.15) is 5.54 Å². The lowest BCUT2D eigenvalue weighted by atomic mass is 9.84. The van der Waals surface area contributed by atoms with E-state index in [1.54, 1.807) is 35.0 Å². The van der Waals surface area contributed by atoms with Crippen molar-refractivity contribution < 1.29 is 9.59 Å². The summed E-state index contributed by atoms with van der Waals surface area (Å²) in [6.07, 6.45) is 1.39. The van der Waals surface area contributed by atoms with Crippen LogP contribution in [0, 0.1) is 13.8 Å². The van der Waals surface area contributed by atoms with Crippen molar-refractivity contribution >= 4 is 23.4 Å². The molecule has 0 spiro atoms. The van der Waals surface area contributed by atoms with E-state index in [0.29, 0.717) is 37.5 Å². The molecule has 2 heterocycles. The number of nitrogens with one attached hydrogen (secondary N) is 1. The molecule has 1 atom stereocenters. The number of benzene rings is 2. The molecule has 1 unspecified atom stereocenters. The summed E-state index contributed by atoms with van der Waals surface area (Å²) in [6.45, 7) is 7.27. The molecule has 0 bridgehead atoms. The monoisotopic (exact) mass is 508 g/mol. The molecule has 1 aromatic heterocycles. The Kier molecular flexibility index (Phi) is 7.41. The zero-order chi connectivity index (χ0) is 26.0. The molecule has 0 saturated carbocycles. The van der Waals surface area contributed by atoms with E-state index in [2.05, 4.69) is 11.2 Å². The summed E-state index contributed by atoms with van der Waals surface area (Å²) in [7, 11) is 1.66. The first-order chi connectivity index (χ1) is 17.0. The molecule has 1 fully saturated rings. The minimum absolute atomic E-state index is 0.0408. The summed E-state index contributed by atoms with van der Waals surface area (Å²) in [4.78, 5) is 42.5. The first-order valence-electron chi connectivity index (χ1n) is 12.2. The Labute approximate surface area is 216 Å². The molecule has 1 aliphatic heterocycles. The lowest BCUT2D eigenvalue weighted by Gasteiger charge is -2.51. The Morgan fingerprint density at radius 2 is 1.72 bits per heavy atom. The predicted molar refractivity (Wildman–Crippen MR) is 141 cm³/mol. The number of rotatable bonds is 8. The summed E-state index contributed by atoms with van der Waals surface area (Å²) in [6, 6.07) is 15.1. The van der Waals surface area contributed by atoms with E-state index in [1.165, 1.54) is 4.68 Å². The third kappa shape index (κ3) is 5.57. The van der Waals surface area contributed by atoms with E-state index in [0.717, 1.165) is 27.9 Å². The van der Waals surface area contributed by atoms with Gasteiger partial charge in [0.25, 0.3) is 5.56 Å². The fraction of sp³-hybridized carbons (Fsp3) is 0.393. The molecule has 3 aromatic rings. The first-order valence-corrected chi connectivity index (χ1v) is 12.6. The van der Waals surface area contributed by atoms with Gasteiger partial charge in [-0.25, -0.2) is 0 Å². The van der Waals surface area contributed by atoms with Crippen molar-refractivity contribution in [2.24, 2.45) is 7.05 Å². The smallest absolute Gasteiger partial charge is 0.266 e. The number of aromatic amines is 1. The third-order valence-electron chi connectivity index (χ3n) is 6.98. The number of hydrogen-bond acceptors (Lipinski definition) is 3. The number of aromatic nitrogens is 2.